The van der Waals surface area contributed by atoms with Gasteiger partial charge in [0.05, 0.1) is 0 Å². The SMILES string of the molecule is CCCC(=O)Nc1cccc(NC(=O)CC(C)N)c1.Cl. The Bertz CT molecular complexity index is 450. The normalized spacial score (nSPS) is 11.2. The van der Waals surface area contributed by atoms with Crippen molar-refractivity contribution in [2.75, 3.05) is 10.6 Å². The van der Waals surface area contributed by atoms with E-state index in [1.54, 1.807) is 31.2 Å². The van der Waals surface area contributed by atoms with Crippen molar-refractivity contribution in [1.82, 2.24) is 0 Å². The summed E-state index contributed by atoms with van der Waals surface area (Å²) < 4.78 is 0. The van der Waals surface area contributed by atoms with Crippen LogP contribution in [0.5, 0.6) is 0 Å². The van der Waals surface area contributed by atoms with Crippen LogP contribution in [0, 0.1) is 0 Å². The number of carbonyl (C=O) groups is 2. The fraction of sp³-hybridized carbons (Fsp3) is 0.429. The number of amides is 2. The molecule has 0 bridgehead atoms. The molecule has 1 unspecified atom stereocenters. The van der Waals surface area contributed by atoms with Gasteiger partial charge in [-0.05, 0) is 31.5 Å². The maximum Gasteiger partial charge on any atom is 0.225 e. The summed E-state index contributed by atoms with van der Waals surface area (Å²) in [4.78, 5) is 23.1. The standard InChI is InChI=1S/C14H21N3O2.ClH/c1-3-5-13(18)16-11-6-4-7-12(9-11)17-14(19)8-10(2)15;/h4,6-7,9-10H,3,5,8,15H2,1-2H3,(H,16,18)(H,17,19);1H. The molecule has 0 fully saturated rings. The lowest BCUT2D eigenvalue weighted by Gasteiger charge is -2.09. The lowest BCUT2D eigenvalue weighted by molar-refractivity contribution is -0.117. The monoisotopic (exact) mass is 299 g/mol. The van der Waals surface area contributed by atoms with Crippen LogP contribution in [-0.4, -0.2) is 17.9 Å². The largest absolute Gasteiger partial charge is 0.327 e. The maximum absolute atomic E-state index is 11.6. The first-order valence-corrected chi connectivity index (χ1v) is 6.46. The molecule has 4 N–H and O–H groups in total. The summed E-state index contributed by atoms with van der Waals surface area (Å²) in [6.07, 6.45) is 1.56. The molecule has 0 heterocycles. The lowest BCUT2D eigenvalue weighted by Crippen LogP contribution is -2.24. The third-order valence-corrected chi connectivity index (χ3v) is 2.41. The summed E-state index contributed by atoms with van der Waals surface area (Å²) in [7, 11) is 0. The van der Waals surface area contributed by atoms with Crippen LogP contribution >= 0.6 is 12.4 Å². The Balaban J connectivity index is 0.00000361. The molecule has 112 valence electrons. The molecule has 2 amide bonds. The van der Waals surface area contributed by atoms with Gasteiger partial charge in [-0.25, -0.2) is 0 Å². The van der Waals surface area contributed by atoms with Gasteiger partial charge in [0, 0.05) is 30.3 Å². The number of nitrogens with one attached hydrogen (secondary N) is 2. The minimum atomic E-state index is -0.174. The highest BCUT2D eigenvalue weighted by Crippen LogP contribution is 2.15. The number of hydrogen-bond donors (Lipinski definition) is 3. The minimum absolute atomic E-state index is 0. The second-order valence-corrected chi connectivity index (χ2v) is 4.61. The molecule has 0 aliphatic rings. The van der Waals surface area contributed by atoms with Gasteiger partial charge in [-0.15, -0.1) is 12.4 Å². The summed E-state index contributed by atoms with van der Waals surface area (Å²) in [6, 6.07) is 6.89. The number of anilines is 2. The highest BCUT2D eigenvalue weighted by Gasteiger charge is 2.06. The summed E-state index contributed by atoms with van der Waals surface area (Å²) in [5.41, 5.74) is 6.89. The second kappa shape index (κ2) is 9.34. The smallest absolute Gasteiger partial charge is 0.225 e. The summed E-state index contributed by atoms with van der Waals surface area (Å²) >= 11 is 0. The molecule has 1 aromatic rings. The Kier molecular flexibility index (Phi) is 8.59. The van der Waals surface area contributed by atoms with Gasteiger partial charge in [0.2, 0.25) is 11.8 Å². The third kappa shape index (κ3) is 7.11. The molecule has 0 saturated carbocycles. The molecule has 0 aliphatic carbocycles. The van der Waals surface area contributed by atoms with Gasteiger partial charge in [-0.3, -0.25) is 9.59 Å². The van der Waals surface area contributed by atoms with Crippen LogP contribution in [0.1, 0.15) is 33.1 Å². The predicted octanol–water partition coefficient (Wildman–Crippen LogP) is 2.52. The lowest BCUT2D eigenvalue weighted by atomic mass is 10.2. The van der Waals surface area contributed by atoms with Gasteiger partial charge < -0.3 is 16.4 Å². The molecule has 0 radical (unpaired) electrons. The molecule has 0 aromatic heterocycles. The van der Waals surface area contributed by atoms with Crippen LogP contribution in [-0.2, 0) is 9.59 Å². The Morgan fingerprint density at radius 1 is 1.20 bits per heavy atom. The molecule has 20 heavy (non-hydrogen) atoms. The molecule has 0 saturated heterocycles. The van der Waals surface area contributed by atoms with Crippen molar-refractivity contribution >= 4 is 35.6 Å². The molecular weight excluding hydrogens is 278 g/mol. The minimum Gasteiger partial charge on any atom is -0.327 e. The Morgan fingerprint density at radius 3 is 2.25 bits per heavy atom. The van der Waals surface area contributed by atoms with Crippen molar-refractivity contribution < 1.29 is 9.59 Å². The van der Waals surface area contributed by atoms with E-state index in [0.29, 0.717) is 17.8 Å². The summed E-state index contributed by atoms with van der Waals surface area (Å²) in [5.74, 6) is -0.159. The molecular formula is C14H22ClN3O2. The van der Waals surface area contributed by atoms with Crippen LogP contribution in [0.3, 0.4) is 0 Å². The molecule has 1 aromatic carbocycles. The van der Waals surface area contributed by atoms with Crippen molar-refractivity contribution in [2.45, 2.75) is 39.2 Å². The second-order valence-electron chi connectivity index (χ2n) is 4.61. The average Bonchev–Trinajstić information content (AvgIpc) is 2.28. The topological polar surface area (TPSA) is 84.2 Å². The number of hydrogen-bond acceptors (Lipinski definition) is 3. The third-order valence-electron chi connectivity index (χ3n) is 2.41. The van der Waals surface area contributed by atoms with Gasteiger partial charge in [-0.2, -0.15) is 0 Å². The van der Waals surface area contributed by atoms with E-state index < -0.39 is 0 Å². The van der Waals surface area contributed by atoms with Crippen molar-refractivity contribution in [3.8, 4) is 0 Å². The zero-order chi connectivity index (χ0) is 14.3. The van der Waals surface area contributed by atoms with Gasteiger partial charge in [-0.1, -0.05) is 13.0 Å². The van der Waals surface area contributed by atoms with Gasteiger partial charge >= 0.3 is 0 Å². The van der Waals surface area contributed by atoms with E-state index in [1.165, 1.54) is 0 Å². The van der Waals surface area contributed by atoms with Gasteiger partial charge in [0.1, 0.15) is 0 Å². The molecule has 6 heteroatoms. The van der Waals surface area contributed by atoms with Crippen LogP contribution in [0.25, 0.3) is 0 Å². The summed E-state index contributed by atoms with van der Waals surface area (Å²) in [5, 5.41) is 5.53. The predicted molar refractivity (Wildman–Crippen MR) is 84.1 cm³/mol. The maximum atomic E-state index is 11.6. The van der Waals surface area contributed by atoms with E-state index in [-0.39, 0.29) is 36.7 Å². The molecule has 1 atom stereocenters. The first-order chi connectivity index (χ1) is 9.01. The first-order valence-electron chi connectivity index (χ1n) is 6.46. The fourth-order valence-corrected chi connectivity index (χ4v) is 1.63. The average molecular weight is 300 g/mol. The highest BCUT2D eigenvalue weighted by atomic mass is 35.5. The number of nitrogens with two attached hydrogens (primary N) is 1. The van der Waals surface area contributed by atoms with Crippen LogP contribution < -0.4 is 16.4 Å². The van der Waals surface area contributed by atoms with Crippen LogP contribution in [0.4, 0.5) is 11.4 Å². The quantitative estimate of drug-likeness (QED) is 0.754. The Hall–Kier alpha value is -1.59. The van der Waals surface area contributed by atoms with E-state index in [4.69, 9.17) is 5.73 Å². The number of halogens is 1. The Morgan fingerprint density at radius 2 is 1.75 bits per heavy atom. The number of rotatable bonds is 6. The van der Waals surface area contributed by atoms with Crippen LogP contribution in [0.15, 0.2) is 24.3 Å². The van der Waals surface area contributed by atoms with Crippen LogP contribution in [0.2, 0.25) is 0 Å². The van der Waals surface area contributed by atoms with E-state index in [9.17, 15) is 9.59 Å². The van der Waals surface area contributed by atoms with Gasteiger partial charge in [0.15, 0.2) is 0 Å². The van der Waals surface area contributed by atoms with Gasteiger partial charge in [0.25, 0.3) is 0 Å². The van der Waals surface area contributed by atoms with E-state index in [0.717, 1.165) is 6.42 Å². The van der Waals surface area contributed by atoms with E-state index in [2.05, 4.69) is 10.6 Å². The van der Waals surface area contributed by atoms with E-state index in [1.807, 2.05) is 6.92 Å². The van der Waals surface area contributed by atoms with Crippen molar-refractivity contribution in [2.24, 2.45) is 5.73 Å². The number of benzene rings is 1. The molecule has 5 nitrogen and oxygen atoms in total. The first kappa shape index (κ1) is 18.4. The number of carbonyl (C=O) groups excluding carboxylic acids is 2. The fourth-order valence-electron chi connectivity index (χ4n) is 1.63. The van der Waals surface area contributed by atoms with Crippen molar-refractivity contribution in [3.63, 3.8) is 0 Å². The zero-order valence-electron chi connectivity index (χ0n) is 11.8. The molecule has 0 spiro atoms. The summed E-state index contributed by atoms with van der Waals surface area (Å²) in [6.45, 7) is 3.73. The molecule has 1 rings (SSSR count). The van der Waals surface area contributed by atoms with Crippen molar-refractivity contribution in [3.05, 3.63) is 24.3 Å². The molecule has 0 aliphatic heterocycles. The highest BCUT2D eigenvalue weighted by molar-refractivity contribution is 5.94. The van der Waals surface area contributed by atoms with Crippen molar-refractivity contribution in [1.29, 1.82) is 0 Å². The van der Waals surface area contributed by atoms with E-state index >= 15 is 0 Å². The Labute approximate surface area is 125 Å². The zero-order valence-corrected chi connectivity index (χ0v) is 12.6.